The summed E-state index contributed by atoms with van der Waals surface area (Å²) in [6.45, 7) is 7.83. The standard InChI is InChI=1S/C13H19N3O3/c1-9-10(2)16(8-15-9)5-4-14-13(17)12-11(3)18-6-7-19-12/h8H,4-7H2,1-3H3,(H,14,17). The molecular formula is C13H19N3O3. The Morgan fingerprint density at radius 1 is 1.37 bits per heavy atom. The molecule has 0 saturated heterocycles. The fraction of sp³-hybridized carbons (Fsp3) is 0.538. The molecule has 2 heterocycles. The SMILES string of the molecule is CC1=C(C(=O)NCCn2cnc(C)c2C)OCCO1. The quantitative estimate of drug-likeness (QED) is 0.878. The minimum Gasteiger partial charge on any atom is -0.491 e. The molecule has 6 heteroatoms. The van der Waals surface area contributed by atoms with E-state index in [1.54, 1.807) is 13.3 Å². The van der Waals surface area contributed by atoms with E-state index < -0.39 is 0 Å². The third-order valence-corrected chi connectivity index (χ3v) is 3.16. The van der Waals surface area contributed by atoms with Gasteiger partial charge in [0.2, 0.25) is 5.76 Å². The second-order valence-corrected chi connectivity index (χ2v) is 4.45. The van der Waals surface area contributed by atoms with Crippen LogP contribution < -0.4 is 5.32 Å². The summed E-state index contributed by atoms with van der Waals surface area (Å²) in [4.78, 5) is 16.1. The third kappa shape index (κ3) is 3.07. The number of hydrogen-bond acceptors (Lipinski definition) is 4. The molecule has 1 N–H and O–H groups in total. The van der Waals surface area contributed by atoms with Crippen molar-refractivity contribution in [1.82, 2.24) is 14.9 Å². The van der Waals surface area contributed by atoms with Gasteiger partial charge in [-0.1, -0.05) is 0 Å². The fourth-order valence-corrected chi connectivity index (χ4v) is 1.87. The van der Waals surface area contributed by atoms with Crippen LogP contribution in [0, 0.1) is 13.8 Å². The van der Waals surface area contributed by atoms with Gasteiger partial charge in [0.25, 0.3) is 5.91 Å². The number of allylic oxidation sites excluding steroid dienone is 1. The van der Waals surface area contributed by atoms with Gasteiger partial charge in [0.05, 0.1) is 12.0 Å². The van der Waals surface area contributed by atoms with E-state index in [-0.39, 0.29) is 11.7 Å². The zero-order valence-electron chi connectivity index (χ0n) is 11.5. The maximum absolute atomic E-state index is 11.9. The average molecular weight is 265 g/mol. The van der Waals surface area contributed by atoms with Crippen LogP contribution in [-0.2, 0) is 20.8 Å². The largest absolute Gasteiger partial charge is 0.491 e. The van der Waals surface area contributed by atoms with Crippen LogP contribution in [0.25, 0.3) is 0 Å². The summed E-state index contributed by atoms with van der Waals surface area (Å²) in [7, 11) is 0. The Labute approximate surface area is 112 Å². The Morgan fingerprint density at radius 2 is 2.11 bits per heavy atom. The highest BCUT2D eigenvalue weighted by molar-refractivity contribution is 5.91. The first-order valence-electron chi connectivity index (χ1n) is 6.32. The van der Waals surface area contributed by atoms with Crippen molar-refractivity contribution >= 4 is 5.91 Å². The zero-order valence-corrected chi connectivity index (χ0v) is 11.5. The molecular weight excluding hydrogens is 246 g/mol. The van der Waals surface area contributed by atoms with E-state index in [1.807, 2.05) is 18.4 Å². The molecule has 1 aliphatic rings. The number of nitrogens with zero attached hydrogens (tertiary/aromatic N) is 2. The molecule has 1 aliphatic heterocycles. The van der Waals surface area contributed by atoms with Crippen molar-refractivity contribution in [3.05, 3.63) is 29.2 Å². The van der Waals surface area contributed by atoms with E-state index in [2.05, 4.69) is 10.3 Å². The van der Waals surface area contributed by atoms with Gasteiger partial charge in [0.15, 0.2) is 0 Å². The topological polar surface area (TPSA) is 65.4 Å². The van der Waals surface area contributed by atoms with Gasteiger partial charge in [-0.3, -0.25) is 4.79 Å². The first kappa shape index (κ1) is 13.5. The highest BCUT2D eigenvalue weighted by atomic mass is 16.6. The van der Waals surface area contributed by atoms with Crippen LogP contribution in [0.5, 0.6) is 0 Å². The van der Waals surface area contributed by atoms with Gasteiger partial charge >= 0.3 is 0 Å². The number of carbonyl (C=O) groups excluding carboxylic acids is 1. The highest BCUT2D eigenvalue weighted by Gasteiger charge is 2.19. The number of imidazole rings is 1. The van der Waals surface area contributed by atoms with Crippen LogP contribution in [-0.4, -0.2) is 35.2 Å². The Balaban J connectivity index is 1.86. The van der Waals surface area contributed by atoms with Gasteiger partial charge in [-0.05, 0) is 20.8 Å². The van der Waals surface area contributed by atoms with Crippen molar-refractivity contribution in [1.29, 1.82) is 0 Å². The summed E-state index contributed by atoms with van der Waals surface area (Å²) in [5.41, 5.74) is 2.12. The second-order valence-electron chi connectivity index (χ2n) is 4.45. The van der Waals surface area contributed by atoms with E-state index in [0.717, 1.165) is 11.4 Å². The number of rotatable bonds is 4. The molecule has 2 rings (SSSR count). The lowest BCUT2D eigenvalue weighted by atomic mass is 10.3. The van der Waals surface area contributed by atoms with Gasteiger partial charge in [-0.2, -0.15) is 0 Å². The first-order valence-corrected chi connectivity index (χ1v) is 6.32. The molecule has 6 nitrogen and oxygen atoms in total. The lowest BCUT2D eigenvalue weighted by Crippen LogP contribution is -2.32. The summed E-state index contributed by atoms with van der Waals surface area (Å²) < 4.78 is 12.6. The molecule has 1 amide bonds. The normalized spacial score (nSPS) is 14.9. The number of aromatic nitrogens is 2. The van der Waals surface area contributed by atoms with E-state index in [0.29, 0.717) is 32.1 Å². The zero-order chi connectivity index (χ0) is 13.8. The predicted molar refractivity (Wildman–Crippen MR) is 69.3 cm³/mol. The lowest BCUT2D eigenvalue weighted by molar-refractivity contribution is -0.122. The maximum Gasteiger partial charge on any atom is 0.290 e. The Morgan fingerprint density at radius 3 is 2.74 bits per heavy atom. The van der Waals surface area contributed by atoms with Crippen LogP contribution in [0.3, 0.4) is 0 Å². The molecule has 19 heavy (non-hydrogen) atoms. The summed E-state index contributed by atoms with van der Waals surface area (Å²) >= 11 is 0. The molecule has 0 bridgehead atoms. The molecule has 104 valence electrons. The highest BCUT2D eigenvalue weighted by Crippen LogP contribution is 2.12. The number of hydrogen-bond donors (Lipinski definition) is 1. The maximum atomic E-state index is 11.9. The van der Waals surface area contributed by atoms with Crippen molar-refractivity contribution in [2.75, 3.05) is 19.8 Å². The van der Waals surface area contributed by atoms with Gasteiger partial charge in [0.1, 0.15) is 19.0 Å². The molecule has 0 saturated carbocycles. The number of aryl methyl sites for hydroxylation is 1. The molecule has 1 aromatic rings. The number of ether oxygens (including phenoxy) is 2. The van der Waals surface area contributed by atoms with Crippen molar-refractivity contribution < 1.29 is 14.3 Å². The molecule has 0 spiro atoms. The smallest absolute Gasteiger partial charge is 0.290 e. The minimum atomic E-state index is -0.230. The molecule has 0 atom stereocenters. The summed E-state index contributed by atoms with van der Waals surface area (Å²) in [5, 5.41) is 2.82. The molecule has 0 aliphatic carbocycles. The van der Waals surface area contributed by atoms with E-state index in [4.69, 9.17) is 9.47 Å². The minimum absolute atomic E-state index is 0.230. The van der Waals surface area contributed by atoms with Gasteiger partial charge in [-0.25, -0.2) is 4.98 Å². The second kappa shape index (κ2) is 5.77. The lowest BCUT2D eigenvalue weighted by Gasteiger charge is -2.19. The fourth-order valence-electron chi connectivity index (χ4n) is 1.87. The van der Waals surface area contributed by atoms with Crippen molar-refractivity contribution in [3.8, 4) is 0 Å². The Hall–Kier alpha value is -1.98. The molecule has 0 fully saturated rings. The van der Waals surface area contributed by atoms with Crippen LogP contribution in [0.15, 0.2) is 17.8 Å². The number of nitrogens with one attached hydrogen (secondary N) is 1. The van der Waals surface area contributed by atoms with E-state index in [1.165, 1.54) is 0 Å². The molecule has 1 aromatic heterocycles. The van der Waals surface area contributed by atoms with E-state index in [9.17, 15) is 4.79 Å². The summed E-state index contributed by atoms with van der Waals surface area (Å²) in [6.07, 6.45) is 1.78. The van der Waals surface area contributed by atoms with Gasteiger partial charge in [0, 0.05) is 18.8 Å². The monoisotopic (exact) mass is 265 g/mol. The Bertz CT molecular complexity index is 505. The van der Waals surface area contributed by atoms with Crippen LogP contribution in [0.1, 0.15) is 18.3 Å². The number of carbonyl (C=O) groups is 1. The third-order valence-electron chi connectivity index (χ3n) is 3.16. The number of amides is 1. The van der Waals surface area contributed by atoms with Gasteiger partial charge in [-0.15, -0.1) is 0 Å². The Kier molecular flexibility index (Phi) is 4.09. The molecule has 0 aromatic carbocycles. The van der Waals surface area contributed by atoms with E-state index >= 15 is 0 Å². The summed E-state index contributed by atoms with van der Waals surface area (Å²) in [6, 6.07) is 0. The predicted octanol–water partition coefficient (Wildman–Crippen LogP) is 0.894. The van der Waals surface area contributed by atoms with Crippen LogP contribution >= 0.6 is 0 Å². The summed E-state index contributed by atoms with van der Waals surface area (Å²) in [5.74, 6) is 0.592. The van der Waals surface area contributed by atoms with Crippen molar-refractivity contribution in [2.45, 2.75) is 27.3 Å². The molecule has 0 radical (unpaired) electrons. The first-order chi connectivity index (χ1) is 9.09. The van der Waals surface area contributed by atoms with Crippen LogP contribution in [0.2, 0.25) is 0 Å². The van der Waals surface area contributed by atoms with Crippen LogP contribution in [0.4, 0.5) is 0 Å². The van der Waals surface area contributed by atoms with Crippen molar-refractivity contribution in [2.24, 2.45) is 0 Å². The average Bonchev–Trinajstić information content (AvgIpc) is 2.71. The van der Waals surface area contributed by atoms with Gasteiger partial charge < -0.3 is 19.4 Å². The van der Waals surface area contributed by atoms with Crippen molar-refractivity contribution in [3.63, 3.8) is 0 Å². The molecule has 0 unspecified atom stereocenters.